The number of hydrogen-bond donors (Lipinski definition) is 1. The molecule has 1 N–H and O–H groups in total. The van der Waals surface area contributed by atoms with Crippen molar-refractivity contribution in [1.29, 1.82) is 0 Å². The van der Waals surface area contributed by atoms with Gasteiger partial charge in [-0.1, -0.05) is 6.92 Å². The predicted molar refractivity (Wildman–Crippen MR) is 97.1 cm³/mol. The summed E-state index contributed by atoms with van der Waals surface area (Å²) in [7, 11) is -3.20. The van der Waals surface area contributed by atoms with Gasteiger partial charge in [-0.15, -0.1) is 0 Å². The van der Waals surface area contributed by atoms with Gasteiger partial charge in [0, 0.05) is 37.3 Å². The van der Waals surface area contributed by atoms with E-state index < -0.39 is 10.0 Å². The molecule has 1 aromatic heterocycles. The molecular weight excluding hydrogens is 356 g/mol. The summed E-state index contributed by atoms with van der Waals surface area (Å²) < 4.78 is 24.7. The van der Waals surface area contributed by atoms with Crippen molar-refractivity contribution in [2.75, 3.05) is 25.9 Å². The number of likely N-dealkylation sites (tertiary alicyclic amines) is 1. The molecule has 1 amide bonds. The summed E-state index contributed by atoms with van der Waals surface area (Å²) >= 11 is 0. The standard InChI is InChI=1S/C17H26N4O4S/c1-3-13-11-15(22)19-16(18-13)14-5-4-8-21(14)17(23)12-6-9-20(10-7-12)26(2,24)25/h11-12,14H,3-10H2,1-2H3,(H,18,19,22). The number of sulfonamides is 1. The highest BCUT2D eigenvalue weighted by Crippen LogP contribution is 2.33. The quantitative estimate of drug-likeness (QED) is 0.824. The molecule has 1 unspecified atom stereocenters. The Kier molecular flexibility index (Phi) is 5.47. The van der Waals surface area contributed by atoms with E-state index in [1.807, 2.05) is 11.8 Å². The first-order chi connectivity index (χ1) is 12.3. The van der Waals surface area contributed by atoms with Gasteiger partial charge < -0.3 is 9.88 Å². The molecule has 1 aromatic rings. The highest BCUT2D eigenvalue weighted by atomic mass is 32.2. The molecular formula is C17H26N4O4S. The first kappa shape index (κ1) is 19.0. The second kappa shape index (κ2) is 7.48. The minimum Gasteiger partial charge on any atom is -0.332 e. The van der Waals surface area contributed by atoms with E-state index in [1.54, 1.807) is 0 Å². The number of aryl methyl sites for hydroxylation is 1. The van der Waals surface area contributed by atoms with Crippen LogP contribution in [0.4, 0.5) is 0 Å². The molecule has 9 heteroatoms. The number of aromatic nitrogens is 2. The fraction of sp³-hybridized carbons (Fsp3) is 0.706. The number of carbonyl (C=O) groups excluding carboxylic acids is 1. The molecule has 1 atom stereocenters. The number of H-pyrrole nitrogens is 1. The van der Waals surface area contributed by atoms with Gasteiger partial charge in [-0.2, -0.15) is 0 Å². The maximum Gasteiger partial charge on any atom is 0.251 e. The number of rotatable bonds is 4. The van der Waals surface area contributed by atoms with Crippen molar-refractivity contribution < 1.29 is 13.2 Å². The van der Waals surface area contributed by atoms with Crippen molar-refractivity contribution in [2.24, 2.45) is 5.92 Å². The molecule has 2 aliphatic rings. The summed E-state index contributed by atoms with van der Waals surface area (Å²) in [4.78, 5) is 34.0. The Morgan fingerprint density at radius 2 is 1.96 bits per heavy atom. The van der Waals surface area contributed by atoms with Gasteiger partial charge in [0.2, 0.25) is 15.9 Å². The van der Waals surface area contributed by atoms with Crippen LogP contribution in [0.1, 0.15) is 50.2 Å². The Hall–Kier alpha value is -1.74. The molecule has 144 valence electrons. The summed E-state index contributed by atoms with van der Waals surface area (Å²) in [5.74, 6) is 0.439. The third kappa shape index (κ3) is 3.98. The molecule has 26 heavy (non-hydrogen) atoms. The number of nitrogens with zero attached hydrogens (tertiary/aromatic N) is 3. The van der Waals surface area contributed by atoms with Crippen LogP contribution in [0.15, 0.2) is 10.9 Å². The van der Waals surface area contributed by atoms with Crippen molar-refractivity contribution >= 4 is 15.9 Å². The Bertz CT molecular complexity index is 827. The predicted octanol–water partition coefficient (Wildman–Crippen LogP) is 0.667. The van der Waals surface area contributed by atoms with Crippen LogP contribution in [0, 0.1) is 5.92 Å². The molecule has 0 aliphatic carbocycles. The van der Waals surface area contributed by atoms with Crippen molar-refractivity contribution in [2.45, 2.75) is 45.1 Å². The zero-order valence-corrected chi connectivity index (χ0v) is 16.1. The number of aromatic amines is 1. The van der Waals surface area contributed by atoms with Gasteiger partial charge >= 0.3 is 0 Å². The van der Waals surface area contributed by atoms with Crippen molar-refractivity contribution in [3.05, 3.63) is 27.9 Å². The topological polar surface area (TPSA) is 103 Å². The van der Waals surface area contributed by atoms with Gasteiger partial charge in [0.15, 0.2) is 0 Å². The second-order valence-electron chi connectivity index (χ2n) is 7.10. The number of nitrogens with one attached hydrogen (secondary N) is 1. The van der Waals surface area contributed by atoms with Crippen LogP contribution in [0.3, 0.4) is 0 Å². The van der Waals surface area contributed by atoms with Gasteiger partial charge in [-0.3, -0.25) is 9.59 Å². The SMILES string of the molecule is CCc1cc(=O)[nH]c(C2CCCN2C(=O)C2CCN(S(C)(=O)=O)CC2)n1. The van der Waals surface area contributed by atoms with E-state index in [0.29, 0.717) is 44.7 Å². The molecule has 3 rings (SSSR count). The number of piperidine rings is 1. The van der Waals surface area contributed by atoms with Crippen LogP contribution < -0.4 is 5.56 Å². The Morgan fingerprint density at radius 1 is 1.27 bits per heavy atom. The average molecular weight is 382 g/mol. The number of amides is 1. The zero-order valence-electron chi connectivity index (χ0n) is 15.3. The minimum absolute atomic E-state index is 0.0465. The summed E-state index contributed by atoms with van der Waals surface area (Å²) in [5, 5.41) is 0. The largest absolute Gasteiger partial charge is 0.332 e. The smallest absolute Gasteiger partial charge is 0.251 e. The monoisotopic (exact) mass is 382 g/mol. The average Bonchev–Trinajstić information content (AvgIpc) is 3.09. The molecule has 0 aromatic carbocycles. The molecule has 2 saturated heterocycles. The van der Waals surface area contributed by atoms with Gasteiger partial charge in [0.1, 0.15) is 5.82 Å². The van der Waals surface area contributed by atoms with E-state index in [2.05, 4.69) is 9.97 Å². The van der Waals surface area contributed by atoms with E-state index >= 15 is 0 Å². The van der Waals surface area contributed by atoms with Gasteiger partial charge in [0.05, 0.1) is 12.3 Å². The number of hydrogen-bond acceptors (Lipinski definition) is 5. The summed E-state index contributed by atoms with van der Waals surface area (Å²) in [6.07, 6.45) is 4.60. The summed E-state index contributed by atoms with van der Waals surface area (Å²) in [6.45, 7) is 3.36. The highest BCUT2D eigenvalue weighted by molar-refractivity contribution is 7.88. The lowest BCUT2D eigenvalue weighted by molar-refractivity contribution is -0.137. The lowest BCUT2D eigenvalue weighted by Gasteiger charge is -2.33. The second-order valence-corrected chi connectivity index (χ2v) is 9.08. The molecule has 2 aliphatic heterocycles. The van der Waals surface area contributed by atoms with Crippen LogP contribution >= 0.6 is 0 Å². The Balaban J connectivity index is 1.73. The van der Waals surface area contributed by atoms with Crippen LogP contribution in [0.2, 0.25) is 0 Å². The van der Waals surface area contributed by atoms with E-state index in [-0.39, 0.29) is 23.4 Å². The number of carbonyl (C=O) groups is 1. The van der Waals surface area contributed by atoms with Gasteiger partial charge in [-0.25, -0.2) is 17.7 Å². The first-order valence-corrected chi connectivity index (χ1v) is 11.0. The molecule has 2 fully saturated rings. The van der Waals surface area contributed by atoms with Crippen molar-refractivity contribution in [1.82, 2.24) is 19.2 Å². The van der Waals surface area contributed by atoms with Crippen LogP contribution in [-0.4, -0.2) is 59.4 Å². The van der Waals surface area contributed by atoms with E-state index in [9.17, 15) is 18.0 Å². The van der Waals surface area contributed by atoms with Gasteiger partial charge in [-0.05, 0) is 32.1 Å². The lowest BCUT2D eigenvalue weighted by atomic mass is 9.96. The maximum absolute atomic E-state index is 13.0. The normalized spacial score (nSPS) is 22.7. The van der Waals surface area contributed by atoms with E-state index in [0.717, 1.165) is 18.5 Å². The minimum atomic E-state index is -3.20. The summed E-state index contributed by atoms with van der Waals surface area (Å²) in [6, 6.07) is 1.29. The third-order valence-electron chi connectivity index (χ3n) is 5.30. The van der Waals surface area contributed by atoms with Crippen LogP contribution in [-0.2, 0) is 21.2 Å². The highest BCUT2D eigenvalue weighted by Gasteiger charge is 2.37. The maximum atomic E-state index is 13.0. The molecule has 0 radical (unpaired) electrons. The molecule has 8 nitrogen and oxygen atoms in total. The Labute approximate surface area is 153 Å². The summed E-state index contributed by atoms with van der Waals surface area (Å²) in [5.41, 5.74) is 0.539. The van der Waals surface area contributed by atoms with Crippen molar-refractivity contribution in [3.8, 4) is 0 Å². The lowest BCUT2D eigenvalue weighted by Crippen LogP contribution is -2.44. The zero-order chi connectivity index (χ0) is 18.9. The van der Waals surface area contributed by atoms with Crippen LogP contribution in [0.25, 0.3) is 0 Å². The fourth-order valence-corrected chi connectivity index (χ4v) is 4.73. The molecule has 0 saturated carbocycles. The fourth-order valence-electron chi connectivity index (χ4n) is 3.85. The first-order valence-electron chi connectivity index (χ1n) is 9.15. The Morgan fingerprint density at radius 3 is 2.58 bits per heavy atom. The van der Waals surface area contributed by atoms with Gasteiger partial charge in [0.25, 0.3) is 5.56 Å². The van der Waals surface area contributed by atoms with E-state index in [4.69, 9.17) is 0 Å². The molecule has 0 spiro atoms. The molecule has 0 bridgehead atoms. The molecule has 3 heterocycles. The third-order valence-corrected chi connectivity index (χ3v) is 6.60. The van der Waals surface area contributed by atoms with Crippen LogP contribution in [0.5, 0.6) is 0 Å². The van der Waals surface area contributed by atoms with Crippen molar-refractivity contribution in [3.63, 3.8) is 0 Å². The van der Waals surface area contributed by atoms with E-state index in [1.165, 1.54) is 16.6 Å².